The lowest BCUT2D eigenvalue weighted by molar-refractivity contribution is -0.144. The number of amides is 1. The molecule has 2 aromatic heterocycles. The SMILES string of the molecule is CCCc1nc(C)n2c(=O)n(CC(=O)OCC)nc2c1Cc1ccc(NC(=O)c2ccccc2S(=O)(=O)O)cc1. The first-order valence-electron chi connectivity index (χ1n) is 12.6. The first-order chi connectivity index (χ1) is 19.0. The second-order valence-corrected chi connectivity index (χ2v) is 10.4. The van der Waals surface area contributed by atoms with Crippen LogP contribution in [0.25, 0.3) is 5.65 Å². The molecule has 0 saturated carbocycles. The number of nitrogens with one attached hydrogen (secondary N) is 1. The average Bonchev–Trinajstić information content (AvgIpc) is 3.23. The molecule has 12 nitrogen and oxygen atoms in total. The topological polar surface area (TPSA) is 162 Å². The number of carbonyl (C=O) groups excluding carboxylic acids is 2. The van der Waals surface area contributed by atoms with Crippen molar-refractivity contribution >= 4 is 33.3 Å². The van der Waals surface area contributed by atoms with Gasteiger partial charge < -0.3 is 10.1 Å². The van der Waals surface area contributed by atoms with Crippen molar-refractivity contribution in [1.29, 1.82) is 0 Å². The Morgan fingerprint density at radius 2 is 1.77 bits per heavy atom. The van der Waals surface area contributed by atoms with Crippen molar-refractivity contribution in [2.24, 2.45) is 0 Å². The van der Waals surface area contributed by atoms with Crippen molar-refractivity contribution in [1.82, 2.24) is 19.2 Å². The number of aryl methyl sites for hydroxylation is 2. The largest absolute Gasteiger partial charge is 0.465 e. The van der Waals surface area contributed by atoms with Crippen LogP contribution in [0.3, 0.4) is 0 Å². The molecule has 0 fully saturated rings. The second-order valence-electron chi connectivity index (χ2n) is 9.04. The molecule has 210 valence electrons. The lowest BCUT2D eigenvalue weighted by atomic mass is 10.0. The predicted octanol–water partition coefficient (Wildman–Crippen LogP) is 2.80. The van der Waals surface area contributed by atoms with E-state index in [1.54, 1.807) is 38.1 Å². The minimum atomic E-state index is -4.58. The molecule has 1 amide bonds. The van der Waals surface area contributed by atoms with Gasteiger partial charge in [-0.2, -0.15) is 8.42 Å². The molecule has 0 aliphatic heterocycles. The summed E-state index contributed by atoms with van der Waals surface area (Å²) >= 11 is 0. The van der Waals surface area contributed by atoms with Crippen LogP contribution in [-0.4, -0.2) is 50.6 Å². The molecular weight excluding hydrogens is 538 g/mol. The molecule has 0 unspecified atom stereocenters. The molecule has 0 atom stereocenters. The first-order valence-corrected chi connectivity index (χ1v) is 14.1. The van der Waals surface area contributed by atoms with Gasteiger partial charge in [-0.1, -0.05) is 37.6 Å². The molecule has 0 spiro atoms. The zero-order valence-electron chi connectivity index (χ0n) is 22.2. The van der Waals surface area contributed by atoms with Gasteiger partial charge in [-0.25, -0.2) is 18.9 Å². The van der Waals surface area contributed by atoms with Crippen LogP contribution in [0.15, 0.2) is 58.2 Å². The number of ether oxygens (including phenoxy) is 1. The van der Waals surface area contributed by atoms with Crippen LogP contribution in [0.1, 0.15) is 53.3 Å². The Balaban J connectivity index is 1.64. The summed E-state index contributed by atoms with van der Waals surface area (Å²) in [4.78, 5) is 42.0. The van der Waals surface area contributed by atoms with Crippen LogP contribution in [0, 0.1) is 6.92 Å². The fourth-order valence-corrected chi connectivity index (χ4v) is 5.07. The number of benzene rings is 2. The van der Waals surface area contributed by atoms with E-state index in [4.69, 9.17) is 4.74 Å². The van der Waals surface area contributed by atoms with Crippen molar-refractivity contribution in [2.75, 3.05) is 11.9 Å². The number of rotatable bonds is 10. The van der Waals surface area contributed by atoms with Gasteiger partial charge in [-0.15, -0.1) is 5.10 Å². The predicted molar refractivity (Wildman–Crippen MR) is 146 cm³/mol. The lowest BCUT2D eigenvalue weighted by Crippen LogP contribution is -2.27. The van der Waals surface area contributed by atoms with Gasteiger partial charge in [0.1, 0.15) is 17.3 Å². The van der Waals surface area contributed by atoms with Crippen molar-refractivity contribution in [3.05, 3.63) is 87.2 Å². The molecule has 0 saturated heterocycles. The van der Waals surface area contributed by atoms with Gasteiger partial charge in [0, 0.05) is 23.4 Å². The molecule has 0 radical (unpaired) electrons. The van der Waals surface area contributed by atoms with Crippen LogP contribution in [0.5, 0.6) is 0 Å². The third kappa shape index (κ3) is 6.10. The summed E-state index contributed by atoms with van der Waals surface area (Å²) in [6, 6.07) is 12.2. The zero-order chi connectivity index (χ0) is 29.0. The van der Waals surface area contributed by atoms with E-state index < -0.39 is 32.6 Å². The molecule has 0 aliphatic carbocycles. The van der Waals surface area contributed by atoms with E-state index in [1.807, 2.05) is 6.92 Å². The minimum absolute atomic E-state index is 0.185. The van der Waals surface area contributed by atoms with E-state index >= 15 is 0 Å². The summed E-state index contributed by atoms with van der Waals surface area (Å²) in [6.07, 6.45) is 1.86. The highest BCUT2D eigenvalue weighted by Crippen LogP contribution is 2.22. The Hall–Kier alpha value is -4.36. The smallest absolute Gasteiger partial charge is 0.352 e. The maximum absolute atomic E-state index is 13.0. The van der Waals surface area contributed by atoms with Crippen LogP contribution in [-0.2, 0) is 39.0 Å². The molecular formula is C27H29N5O7S. The Morgan fingerprint density at radius 3 is 2.42 bits per heavy atom. The fourth-order valence-electron chi connectivity index (χ4n) is 4.38. The van der Waals surface area contributed by atoms with Crippen LogP contribution in [0.4, 0.5) is 5.69 Å². The van der Waals surface area contributed by atoms with Gasteiger partial charge >= 0.3 is 11.7 Å². The number of fused-ring (bicyclic) bond motifs is 1. The van der Waals surface area contributed by atoms with E-state index in [2.05, 4.69) is 15.4 Å². The monoisotopic (exact) mass is 567 g/mol. The van der Waals surface area contributed by atoms with E-state index in [0.29, 0.717) is 30.0 Å². The molecule has 4 aromatic rings. The highest BCUT2D eigenvalue weighted by molar-refractivity contribution is 7.86. The molecule has 0 aliphatic rings. The Morgan fingerprint density at radius 1 is 1.07 bits per heavy atom. The van der Waals surface area contributed by atoms with Gasteiger partial charge in [0.05, 0.1) is 12.2 Å². The number of carbonyl (C=O) groups is 2. The van der Waals surface area contributed by atoms with Gasteiger partial charge in [-0.3, -0.25) is 14.1 Å². The maximum atomic E-state index is 13.0. The van der Waals surface area contributed by atoms with Gasteiger partial charge in [0.2, 0.25) is 0 Å². The van der Waals surface area contributed by atoms with Gasteiger partial charge in [-0.05, 0) is 50.1 Å². The Kier molecular flexibility index (Phi) is 8.45. The van der Waals surface area contributed by atoms with Crippen LogP contribution >= 0.6 is 0 Å². The third-order valence-electron chi connectivity index (χ3n) is 6.15. The summed E-state index contributed by atoms with van der Waals surface area (Å²) < 4.78 is 40.1. The summed E-state index contributed by atoms with van der Waals surface area (Å²) in [7, 11) is -4.58. The molecule has 2 heterocycles. The quantitative estimate of drug-likeness (QED) is 0.217. The second kappa shape index (κ2) is 11.8. The first kappa shape index (κ1) is 28.6. The molecule has 4 rings (SSSR count). The van der Waals surface area contributed by atoms with Crippen LogP contribution < -0.4 is 11.0 Å². The lowest BCUT2D eigenvalue weighted by Gasteiger charge is -2.12. The Bertz CT molecular complexity index is 1740. The highest BCUT2D eigenvalue weighted by atomic mass is 32.2. The van der Waals surface area contributed by atoms with E-state index in [-0.39, 0.29) is 18.7 Å². The van der Waals surface area contributed by atoms with Crippen molar-refractivity contribution in [3.8, 4) is 0 Å². The number of hydrogen-bond acceptors (Lipinski definition) is 8. The summed E-state index contributed by atoms with van der Waals surface area (Å²) in [5, 5.41) is 7.09. The van der Waals surface area contributed by atoms with Crippen molar-refractivity contribution in [2.45, 2.75) is 51.5 Å². The Labute approximate surface area is 230 Å². The summed E-state index contributed by atoms with van der Waals surface area (Å²) in [5.74, 6) is -0.793. The standard InChI is InChI=1S/C27H29N5O7S/c1-4-8-22-21(25-30-31(16-24(33)39-5-2)27(35)32(25)17(3)28-22)15-18-11-13-19(14-12-18)29-26(34)20-9-6-7-10-23(20)40(36,37)38/h6-7,9-14H,4-5,8,15-16H2,1-3H3,(H,29,34)(H,36,37,38). The van der Waals surface area contributed by atoms with E-state index in [0.717, 1.165) is 34.0 Å². The fraction of sp³-hybridized carbons (Fsp3) is 0.296. The zero-order valence-corrected chi connectivity index (χ0v) is 23.1. The third-order valence-corrected chi connectivity index (χ3v) is 7.06. The van der Waals surface area contributed by atoms with Gasteiger partial charge in [0.15, 0.2) is 5.65 Å². The highest BCUT2D eigenvalue weighted by Gasteiger charge is 2.21. The van der Waals surface area contributed by atoms with Gasteiger partial charge in [0.25, 0.3) is 16.0 Å². The number of anilines is 1. The van der Waals surface area contributed by atoms with Crippen molar-refractivity contribution < 1.29 is 27.3 Å². The molecule has 2 aromatic carbocycles. The molecule has 13 heteroatoms. The van der Waals surface area contributed by atoms with E-state index in [1.165, 1.54) is 22.6 Å². The summed E-state index contributed by atoms with van der Waals surface area (Å²) in [6.45, 7) is 5.30. The van der Waals surface area contributed by atoms with E-state index in [9.17, 15) is 27.4 Å². The average molecular weight is 568 g/mol. The normalized spacial score (nSPS) is 11.5. The number of hydrogen-bond donors (Lipinski definition) is 2. The minimum Gasteiger partial charge on any atom is -0.465 e. The van der Waals surface area contributed by atoms with Crippen molar-refractivity contribution in [3.63, 3.8) is 0 Å². The molecule has 2 N–H and O–H groups in total. The number of nitrogens with zero attached hydrogens (tertiary/aromatic N) is 4. The summed E-state index contributed by atoms with van der Waals surface area (Å²) in [5.41, 5.74) is 2.52. The molecule has 0 bridgehead atoms. The molecule has 40 heavy (non-hydrogen) atoms. The number of esters is 1. The number of aromatic nitrogens is 4. The van der Waals surface area contributed by atoms with Crippen LogP contribution in [0.2, 0.25) is 0 Å². The maximum Gasteiger partial charge on any atom is 0.352 e.